The molecule has 0 aliphatic carbocycles. The van der Waals surface area contributed by atoms with Crippen molar-refractivity contribution in [3.63, 3.8) is 0 Å². The summed E-state index contributed by atoms with van der Waals surface area (Å²) < 4.78 is 13.5. The molecule has 1 atom stereocenters. The SMILES string of the molecule is CC(C)C(NC(=O)c1ccccc1)C(=O)N1CCCc2cc(F)ccc21. The number of carbonyl (C=O) groups excluding carboxylic acids is 2. The Morgan fingerprint density at radius 3 is 2.54 bits per heavy atom. The Hall–Kier alpha value is -2.69. The Bertz CT molecular complexity index is 805. The quantitative estimate of drug-likeness (QED) is 0.913. The van der Waals surface area contributed by atoms with Crippen molar-refractivity contribution in [3.8, 4) is 0 Å². The third kappa shape index (κ3) is 3.77. The highest BCUT2D eigenvalue weighted by Gasteiger charge is 2.32. The van der Waals surface area contributed by atoms with E-state index < -0.39 is 6.04 Å². The summed E-state index contributed by atoms with van der Waals surface area (Å²) in [6.07, 6.45) is 1.53. The van der Waals surface area contributed by atoms with Crippen LogP contribution in [-0.2, 0) is 11.2 Å². The van der Waals surface area contributed by atoms with Crippen molar-refractivity contribution in [1.82, 2.24) is 5.32 Å². The van der Waals surface area contributed by atoms with E-state index in [1.54, 1.807) is 35.2 Å². The summed E-state index contributed by atoms with van der Waals surface area (Å²) >= 11 is 0. The number of nitrogens with zero attached hydrogens (tertiary/aromatic N) is 1. The van der Waals surface area contributed by atoms with Gasteiger partial charge in [-0.05, 0) is 54.7 Å². The van der Waals surface area contributed by atoms with Crippen molar-refractivity contribution < 1.29 is 14.0 Å². The zero-order valence-electron chi connectivity index (χ0n) is 15.0. The number of fused-ring (bicyclic) bond motifs is 1. The molecule has 136 valence electrons. The van der Waals surface area contributed by atoms with E-state index in [9.17, 15) is 14.0 Å². The van der Waals surface area contributed by atoms with Gasteiger partial charge in [-0.3, -0.25) is 9.59 Å². The average molecular weight is 354 g/mol. The summed E-state index contributed by atoms with van der Waals surface area (Å²) in [4.78, 5) is 27.4. The second-order valence-corrected chi connectivity index (χ2v) is 6.93. The maximum Gasteiger partial charge on any atom is 0.251 e. The van der Waals surface area contributed by atoms with Gasteiger partial charge < -0.3 is 10.2 Å². The second-order valence-electron chi connectivity index (χ2n) is 6.93. The highest BCUT2D eigenvalue weighted by Crippen LogP contribution is 2.29. The van der Waals surface area contributed by atoms with Crippen LogP contribution in [0.15, 0.2) is 48.5 Å². The molecule has 2 aromatic carbocycles. The number of nitrogens with one attached hydrogen (secondary N) is 1. The smallest absolute Gasteiger partial charge is 0.251 e. The average Bonchev–Trinajstić information content (AvgIpc) is 2.65. The predicted octanol–water partition coefficient (Wildman–Crippen LogP) is 3.56. The molecule has 1 aliphatic rings. The molecule has 4 nitrogen and oxygen atoms in total. The first-order chi connectivity index (χ1) is 12.5. The van der Waals surface area contributed by atoms with Crippen LogP contribution in [0.5, 0.6) is 0 Å². The van der Waals surface area contributed by atoms with Gasteiger partial charge in [0.1, 0.15) is 11.9 Å². The molecule has 1 heterocycles. The molecule has 1 N–H and O–H groups in total. The number of hydrogen-bond donors (Lipinski definition) is 1. The summed E-state index contributed by atoms with van der Waals surface area (Å²) in [6, 6.07) is 12.7. The van der Waals surface area contributed by atoms with Crippen molar-refractivity contribution in [3.05, 3.63) is 65.5 Å². The molecule has 0 saturated carbocycles. The molecule has 0 aromatic heterocycles. The molecule has 3 rings (SSSR count). The molecule has 5 heteroatoms. The molecule has 0 bridgehead atoms. The van der Waals surface area contributed by atoms with E-state index >= 15 is 0 Å². The molecule has 1 aliphatic heterocycles. The van der Waals surface area contributed by atoms with E-state index in [-0.39, 0.29) is 23.5 Å². The minimum Gasteiger partial charge on any atom is -0.340 e. The third-order valence-corrected chi connectivity index (χ3v) is 4.68. The minimum atomic E-state index is -0.640. The maximum atomic E-state index is 13.5. The Morgan fingerprint density at radius 1 is 1.12 bits per heavy atom. The fraction of sp³-hybridized carbons (Fsp3) is 0.333. The van der Waals surface area contributed by atoms with Gasteiger partial charge in [0.15, 0.2) is 0 Å². The Kier molecular flexibility index (Phi) is 5.35. The van der Waals surface area contributed by atoms with Crippen LogP contribution in [0.3, 0.4) is 0 Å². The van der Waals surface area contributed by atoms with E-state index in [1.165, 1.54) is 12.1 Å². The van der Waals surface area contributed by atoms with Crippen LogP contribution in [0.25, 0.3) is 0 Å². The van der Waals surface area contributed by atoms with E-state index in [0.29, 0.717) is 12.1 Å². The Morgan fingerprint density at radius 2 is 1.85 bits per heavy atom. The van der Waals surface area contributed by atoms with Crippen LogP contribution in [0.1, 0.15) is 36.2 Å². The Balaban J connectivity index is 1.83. The van der Waals surface area contributed by atoms with Gasteiger partial charge in [0.25, 0.3) is 5.91 Å². The van der Waals surface area contributed by atoms with E-state index in [1.807, 2.05) is 19.9 Å². The lowest BCUT2D eigenvalue weighted by molar-refractivity contribution is -0.121. The maximum absolute atomic E-state index is 13.5. The molecule has 26 heavy (non-hydrogen) atoms. The summed E-state index contributed by atoms with van der Waals surface area (Å²) in [7, 11) is 0. The van der Waals surface area contributed by atoms with Gasteiger partial charge >= 0.3 is 0 Å². The van der Waals surface area contributed by atoms with Gasteiger partial charge in [-0.1, -0.05) is 32.0 Å². The van der Waals surface area contributed by atoms with Crippen LogP contribution in [-0.4, -0.2) is 24.4 Å². The molecule has 0 spiro atoms. The third-order valence-electron chi connectivity index (χ3n) is 4.68. The monoisotopic (exact) mass is 354 g/mol. The van der Waals surface area contributed by atoms with Gasteiger partial charge in [0.05, 0.1) is 0 Å². The zero-order valence-corrected chi connectivity index (χ0v) is 15.0. The van der Waals surface area contributed by atoms with Crippen LogP contribution in [0.4, 0.5) is 10.1 Å². The predicted molar refractivity (Wildman–Crippen MR) is 99.6 cm³/mol. The molecule has 0 fully saturated rings. The van der Waals surface area contributed by atoms with Crippen molar-refractivity contribution >= 4 is 17.5 Å². The summed E-state index contributed by atoms with van der Waals surface area (Å²) in [6.45, 7) is 4.38. The molecule has 0 radical (unpaired) electrons. The fourth-order valence-corrected chi connectivity index (χ4v) is 3.29. The lowest BCUT2D eigenvalue weighted by Gasteiger charge is -2.34. The van der Waals surface area contributed by atoms with Crippen molar-refractivity contribution in [2.75, 3.05) is 11.4 Å². The van der Waals surface area contributed by atoms with E-state index in [0.717, 1.165) is 24.1 Å². The van der Waals surface area contributed by atoms with Crippen LogP contribution in [0.2, 0.25) is 0 Å². The highest BCUT2D eigenvalue weighted by molar-refractivity contribution is 6.03. The van der Waals surface area contributed by atoms with Gasteiger partial charge in [0, 0.05) is 17.8 Å². The number of rotatable bonds is 4. The van der Waals surface area contributed by atoms with Crippen molar-refractivity contribution in [2.45, 2.75) is 32.7 Å². The number of halogens is 1. The van der Waals surface area contributed by atoms with E-state index in [2.05, 4.69) is 5.32 Å². The lowest BCUT2D eigenvalue weighted by Crippen LogP contribution is -2.52. The summed E-state index contributed by atoms with van der Waals surface area (Å²) in [5.41, 5.74) is 2.09. The number of anilines is 1. The molecular weight excluding hydrogens is 331 g/mol. The fourth-order valence-electron chi connectivity index (χ4n) is 3.29. The van der Waals surface area contributed by atoms with Gasteiger partial charge in [0.2, 0.25) is 5.91 Å². The summed E-state index contributed by atoms with van der Waals surface area (Å²) in [5, 5.41) is 2.87. The largest absolute Gasteiger partial charge is 0.340 e. The Labute approximate surface area is 153 Å². The number of hydrogen-bond acceptors (Lipinski definition) is 2. The molecule has 2 amide bonds. The van der Waals surface area contributed by atoms with Crippen molar-refractivity contribution in [2.24, 2.45) is 5.92 Å². The molecular formula is C21H23FN2O2. The van der Waals surface area contributed by atoms with Crippen LogP contribution < -0.4 is 10.2 Å². The van der Waals surface area contributed by atoms with Crippen LogP contribution in [0, 0.1) is 11.7 Å². The first-order valence-electron chi connectivity index (χ1n) is 8.93. The summed E-state index contributed by atoms with van der Waals surface area (Å²) in [5.74, 6) is -0.789. The molecule has 1 unspecified atom stereocenters. The number of aryl methyl sites for hydroxylation is 1. The topological polar surface area (TPSA) is 49.4 Å². The van der Waals surface area contributed by atoms with Crippen molar-refractivity contribution in [1.29, 1.82) is 0 Å². The number of benzene rings is 2. The zero-order chi connectivity index (χ0) is 18.7. The lowest BCUT2D eigenvalue weighted by atomic mass is 9.97. The molecule has 0 saturated heterocycles. The molecule has 2 aromatic rings. The highest BCUT2D eigenvalue weighted by atomic mass is 19.1. The van der Waals surface area contributed by atoms with E-state index in [4.69, 9.17) is 0 Å². The second kappa shape index (κ2) is 7.68. The van der Waals surface area contributed by atoms with Gasteiger partial charge in [-0.2, -0.15) is 0 Å². The van der Waals surface area contributed by atoms with Crippen LogP contribution >= 0.6 is 0 Å². The first kappa shape index (κ1) is 18.1. The normalized spacial score (nSPS) is 14.7. The van der Waals surface area contributed by atoms with Gasteiger partial charge in [-0.25, -0.2) is 4.39 Å². The standard InChI is InChI=1S/C21H23FN2O2/c1-14(2)19(23-20(25)15-7-4-3-5-8-15)21(26)24-12-6-9-16-13-17(22)10-11-18(16)24/h3-5,7-8,10-11,13-14,19H,6,9,12H2,1-2H3,(H,23,25). The first-order valence-corrected chi connectivity index (χ1v) is 8.93. The number of amides is 2. The number of carbonyl (C=O) groups is 2. The minimum absolute atomic E-state index is 0.0685. The van der Waals surface area contributed by atoms with Gasteiger partial charge in [-0.15, -0.1) is 0 Å².